The van der Waals surface area contributed by atoms with Crippen molar-refractivity contribution in [1.29, 1.82) is 0 Å². The Balaban J connectivity index is 1.33. The predicted molar refractivity (Wildman–Crippen MR) is 105 cm³/mol. The summed E-state index contributed by atoms with van der Waals surface area (Å²) in [5.74, 6) is 1.94. The van der Waals surface area contributed by atoms with Crippen LogP contribution in [0.3, 0.4) is 0 Å². The second-order valence-corrected chi connectivity index (χ2v) is 7.88. The number of nitrogens with zero attached hydrogens (tertiary/aromatic N) is 2. The topological polar surface area (TPSA) is 70.7 Å². The van der Waals surface area contributed by atoms with E-state index in [1.165, 1.54) is 0 Å². The summed E-state index contributed by atoms with van der Waals surface area (Å²) < 4.78 is 1.09. The van der Waals surface area contributed by atoms with Crippen LogP contribution in [-0.2, 0) is 10.5 Å². The number of aryl methyl sites for hydroxylation is 1. The summed E-state index contributed by atoms with van der Waals surface area (Å²) in [6.45, 7) is 1.98. The first-order valence-electron chi connectivity index (χ1n) is 7.86. The average Bonchev–Trinajstić information content (AvgIpc) is 3.16. The van der Waals surface area contributed by atoms with Crippen LogP contribution in [0.5, 0.6) is 0 Å². The minimum Gasteiger partial charge on any atom is -0.341 e. The van der Waals surface area contributed by atoms with E-state index in [4.69, 9.17) is 0 Å². The van der Waals surface area contributed by atoms with Crippen molar-refractivity contribution in [2.45, 2.75) is 12.7 Å². The van der Waals surface area contributed by atoms with Gasteiger partial charge < -0.3 is 10.3 Å². The van der Waals surface area contributed by atoms with Gasteiger partial charge >= 0.3 is 0 Å². The van der Waals surface area contributed by atoms with Gasteiger partial charge in [-0.2, -0.15) is 0 Å². The number of fused-ring (bicyclic) bond motifs is 2. The molecule has 0 spiro atoms. The highest BCUT2D eigenvalue weighted by Crippen LogP contribution is 2.25. The highest BCUT2D eigenvalue weighted by molar-refractivity contribution is 7.99. The number of anilines is 1. The molecule has 4 aromatic rings. The number of amides is 1. The van der Waals surface area contributed by atoms with Crippen molar-refractivity contribution in [3.05, 3.63) is 53.3 Å². The molecule has 4 rings (SSSR count). The van der Waals surface area contributed by atoms with E-state index in [9.17, 15) is 4.79 Å². The number of nitrogens with one attached hydrogen (secondary N) is 2. The maximum Gasteiger partial charge on any atom is 0.234 e. The molecule has 0 fully saturated rings. The van der Waals surface area contributed by atoms with Crippen LogP contribution in [0.4, 0.5) is 5.69 Å². The first-order chi connectivity index (χ1) is 12.2. The minimum atomic E-state index is -0.0123. The van der Waals surface area contributed by atoms with Crippen LogP contribution < -0.4 is 5.32 Å². The van der Waals surface area contributed by atoms with Crippen LogP contribution in [-0.4, -0.2) is 26.6 Å². The fourth-order valence-electron chi connectivity index (χ4n) is 2.63. The standard InChI is InChI=1S/C18H16N4OS2/c1-11-19-15-7-6-12(8-16(15)25-11)20-18(23)10-24-9-17-21-13-4-2-3-5-14(13)22-17/h2-8H,9-10H2,1H3,(H,20,23)(H,21,22). The summed E-state index contributed by atoms with van der Waals surface area (Å²) in [5.41, 5.74) is 3.76. The van der Waals surface area contributed by atoms with Crippen molar-refractivity contribution in [3.8, 4) is 0 Å². The first kappa shape index (κ1) is 16.1. The van der Waals surface area contributed by atoms with Crippen LogP contribution in [0, 0.1) is 6.92 Å². The molecular formula is C18H16N4OS2. The van der Waals surface area contributed by atoms with Gasteiger partial charge in [0.2, 0.25) is 5.91 Å². The van der Waals surface area contributed by atoms with Crippen LogP contribution in [0.1, 0.15) is 10.8 Å². The van der Waals surface area contributed by atoms with Gasteiger partial charge in [0, 0.05) is 5.69 Å². The SMILES string of the molecule is Cc1nc2ccc(NC(=O)CSCc3nc4ccccc4[nH]3)cc2s1. The number of imidazole rings is 1. The molecule has 0 bridgehead atoms. The molecule has 2 heterocycles. The molecule has 0 aliphatic carbocycles. The molecule has 0 aliphatic rings. The number of aromatic amines is 1. The quantitative estimate of drug-likeness (QED) is 0.549. The van der Waals surface area contributed by atoms with E-state index in [2.05, 4.69) is 20.3 Å². The van der Waals surface area contributed by atoms with E-state index in [-0.39, 0.29) is 5.91 Å². The molecule has 2 aromatic carbocycles. The molecule has 1 amide bonds. The first-order valence-corrected chi connectivity index (χ1v) is 9.83. The lowest BCUT2D eigenvalue weighted by Crippen LogP contribution is -2.14. The van der Waals surface area contributed by atoms with Gasteiger partial charge in [-0.05, 0) is 37.3 Å². The molecule has 126 valence electrons. The summed E-state index contributed by atoms with van der Waals surface area (Å²) in [5, 5.41) is 3.97. The number of benzene rings is 2. The zero-order chi connectivity index (χ0) is 17.2. The monoisotopic (exact) mass is 368 g/mol. The van der Waals surface area contributed by atoms with Gasteiger partial charge in [-0.25, -0.2) is 9.97 Å². The van der Waals surface area contributed by atoms with Crippen LogP contribution in [0.15, 0.2) is 42.5 Å². The number of hydrogen-bond acceptors (Lipinski definition) is 5. The summed E-state index contributed by atoms with van der Waals surface area (Å²) in [6, 6.07) is 13.7. The molecular weight excluding hydrogens is 352 g/mol. The molecule has 25 heavy (non-hydrogen) atoms. The molecule has 7 heteroatoms. The van der Waals surface area contributed by atoms with E-state index in [0.717, 1.165) is 37.8 Å². The van der Waals surface area contributed by atoms with Gasteiger partial charge in [0.1, 0.15) is 5.82 Å². The lowest BCUT2D eigenvalue weighted by molar-refractivity contribution is -0.113. The Morgan fingerprint density at radius 2 is 2.08 bits per heavy atom. The van der Waals surface area contributed by atoms with Gasteiger partial charge in [0.25, 0.3) is 0 Å². The van der Waals surface area contributed by atoms with Crippen molar-refractivity contribution in [3.63, 3.8) is 0 Å². The average molecular weight is 368 g/mol. The predicted octanol–water partition coefficient (Wildman–Crippen LogP) is 4.35. The Hall–Kier alpha value is -2.38. The Morgan fingerprint density at radius 3 is 2.96 bits per heavy atom. The number of carbonyl (C=O) groups excluding carboxylic acids is 1. The summed E-state index contributed by atoms with van der Waals surface area (Å²) in [4.78, 5) is 24.4. The van der Waals surface area contributed by atoms with Crippen LogP contribution in [0.2, 0.25) is 0 Å². The normalized spacial score (nSPS) is 11.2. The Bertz CT molecular complexity index is 1020. The van der Waals surface area contributed by atoms with Crippen molar-refractivity contribution in [1.82, 2.24) is 15.0 Å². The number of thioether (sulfide) groups is 1. The van der Waals surface area contributed by atoms with Crippen molar-refractivity contribution in [2.24, 2.45) is 0 Å². The van der Waals surface area contributed by atoms with Gasteiger partial charge in [-0.15, -0.1) is 23.1 Å². The molecule has 2 aromatic heterocycles. The molecule has 0 atom stereocenters. The number of hydrogen-bond donors (Lipinski definition) is 2. The van der Waals surface area contributed by atoms with Gasteiger partial charge in [0.15, 0.2) is 0 Å². The van der Waals surface area contributed by atoms with E-state index < -0.39 is 0 Å². The molecule has 2 N–H and O–H groups in total. The number of H-pyrrole nitrogens is 1. The van der Waals surface area contributed by atoms with Gasteiger partial charge in [-0.1, -0.05) is 12.1 Å². The van der Waals surface area contributed by atoms with Crippen LogP contribution in [0.25, 0.3) is 21.3 Å². The largest absolute Gasteiger partial charge is 0.341 e. The maximum atomic E-state index is 12.1. The number of para-hydroxylation sites is 2. The Morgan fingerprint density at radius 1 is 1.20 bits per heavy atom. The smallest absolute Gasteiger partial charge is 0.234 e. The highest BCUT2D eigenvalue weighted by atomic mass is 32.2. The van der Waals surface area contributed by atoms with Crippen LogP contribution >= 0.6 is 23.1 Å². The summed E-state index contributed by atoms with van der Waals surface area (Å²) >= 11 is 3.17. The van der Waals surface area contributed by atoms with E-state index in [1.54, 1.807) is 23.1 Å². The molecule has 0 radical (unpaired) electrons. The third-order valence-corrected chi connectivity index (χ3v) is 5.57. The van der Waals surface area contributed by atoms with Gasteiger partial charge in [-0.3, -0.25) is 4.79 Å². The maximum absolute atomic E-state index is 12.1. The molecule has 5 nitrogen and oxygen atoms in total. The fraction of sp³-hybridized carbons (Fsp3) is 0.167. The zero-order valence-corrected chi connectivity index (χ0v) is 15.2. The molecule has 0 saturated carbocycles. The van der Waals surface area contributed by atoms with E-state index >= 15 is 0 Å². The molecule has 0 aliphatic heterocycles. The highest BCUT2D eigenvalue weighted by Gasteiger charge is 2.07. The molecule has 0 unspecified atom stereocenters. The molecule has 0 saturated heterocycles. The van der Waals surface area contributed by atoms with Crippen molar-refractivity contribution < 1.29 is 4.79 Å². The summed E-state index contributed by atoms with van der Waals surface area (Å²) in [7, 11) is 0. The van der Waals surface area contributed by atoms with Gasteiger partial charge in [0.05, 0.1) is 37.8 Å². The number of carbonyl (C=O) groups is 1. The number of thiazole rings is 1. The second-order valence-electron chi connectivity index (χ2n) is 5.66. The third-order valence-electron chi connectivity index (χ3n) is 3.69. The lowest BCUT2D eigenvalue weighted by atomic mass is 10.3. The van der Waals surface area contributed by atoms with Crippen molar-refractivity contribution >= 4 is 55.9 Å². The minimum absolute atomic E-state index is 0.0123. The number of aromatic nitrogens is 3. The Labute approximate surface area is 152 Å². The number of rotatable bonds is 5. The second kappa shape index (κ2) is 6.85. The lowest BCUT2D eigenvalue weighted by Gasteiger charge is -2.04. The summed E-state index contributed by atoms with van der Waals surface area (Å²) in [6.07, 6.45) is 0. The fourth-order valence-corrected chi connectivity index (χ4v) is 4.19. The third kappa shape index (κ3) is 3.67. The van der Waals surface area contributed by atoms with Crippen molar-refractivity contribution in [2.75, 3.05) is 11.1 Å². The Kier molecular flexibility index (Phi) is 4.42. The van der Waals surface area contributed by atoms with E-state index in [0.29, 0.717) is 11.5 Å². The zero-order valence-electron chi connectivity index (χ0n) is 13.6. The van der Waals surface area contributed by atoms with E-state index in [1.807, 2.05) is 49.4 Å².